The summed E-state index contributed by atoms with van der Waals surface area (Å²) in [5.41, 5.74) is 1.40. The molecule has 1 fully saturated rings. The third-order valence-corrected chi connectivity index (χ3v) is 5.70. The minimum Gasteiger partial charge on any atom is -0.493 e. The molecule has 2 aliphatic heterocycles. The van der Waals surface area contributed by atoms with Crippen LogP contribution < -0.4 is 4.74 Å². The van der Waals surface area contributed by atoms with Crippen LogP contribution in [0.3, 0.4) is 0 Å². The maximum atomic E-state index is 5.75. The first kappa shape index (κ1) is 13.4. The van der Waals surface area contributed by atoms with Gasteiger partial charge in [-0.05, 0) is 36.9 Å². The standard InChI is InChI=1S/C16H22BrNO/c1-12-6-8-18(11-15(12)17)10-13-7-9-19-16-5-3-2-4-14(13)16/h2-5,12-13,15H,6-11H2,1H3. The molecule has 0 amide bonds. The first-order valence-corrected chi connectivity index (χ1v) is 8.24. The van der Waals surface area contributed by atoms with Crippen LogP contribution in [0.5, 0.6) is 5.75 Å². The van der Waals surface area contributed by atoms with Gasteiger partial charge < -0.3 is 9.64 Å². The van der Waals surface area contributed by atoms with Gasteiger partial charge in [-0.1, -0.05) is 41.1 Å². The minimum atomic E-state index is 0.637. The first-order chi connectivity index (χ1) is 9.24. The molecule has 2 nitrogen and oxygen atoms in total. The monoisotopic (exact) mass is 323 g/mol. The maximum absolute atomic E-state index is 5.75. The third-order valence-electron chi connectivity index (χ3n) is 4.51. The number of alkyl halides is 1. The Balaban J connectivity index is 1.68. The van der Waals surface area contributed by atoms with E-state index < -0.39 is 0 Å². The van der Waals surface area contributed by atoms with Gasteiger partial charge in [0.2, 0.25) is 0 Å². The van der Waals surface area contributed by atoms with Crippen molar-refractivity contribution in [3.8, 4) is 5.75 Å². The summed E-state index contributed by atoms with van der Waals surface area (Å²) in [6, 6.07) is 8.54. The lowest BCUT2D eigenvalue weighted by molar-refractivity contribution is 0.171. The fourth-order valence-corrected chi connectivity index (χ4v) is 3.84. The van der Waals surface area contributed by atoms with Crippen molar-refractivity contribution in [2.24, 2.45) is 5.92 Å². The highest BCUT2D eigenvalue weighted by Crippen LogP contribution is 2.35. The number of rotatable bonds is 2. The van der Waals surface area contributed by atoms with Crippen molar-refractivity contribution >= 4 is 15.9 Å². The molecule has 2 heterocycles. The predicted octanol–water partition coefficient (Wildman–Crippen LogP) is 3.66. The molecule has 0 bridgehead atoms. The summed E-state index contributed by atoms with van der Waals surface area (Å²) in [6.45, 7) is 6.81. The summed E-state index contributed by atoms with van der Waals surface area (Å²) in [7, 11) is 0. The summed E-state index contributed by atoms with van der Waals surface area (Å²) < 4.78 is 5.75. The van der Waals surface area contributed by atoms with Gasteiger partial charge in [0.05, 0.1) is 6.61 Å². The van der Waals surface area contributed by atoms with Crippen molar-refractivity contribution in [2.45, 2.75) is 30.5 Å². The molecular weight excluding hydrogens is 302 g/mol. The van der Waals surface area contributed by atoms with Gasteiger partial charge in [0.1, 0.15) is 5.75 Å². The molecule has 0 radical (unpaired) electrons. The summed E-state index contributed by atoms with van der Waals surface area (Å²) >= 11 is 3.82. The van der Waals surface area contributed by atoms with Gasteiger partial charge in [-0.25, -0.2) is 0 Å². The van der Waals surface area contributed by atoms with E-state index in [1.807, 2.05) is 0 Å². The van der Waals surface area contributed by atoms with Crippen LogP contribution in [0.1, 0.15) is 31.2 Å². The average Bonchev–Trinajstić information content (AvgIpc) is 2.43. The second kappa shape index (κ2) is 5.84. The molecular formula is C16H22BrNO. The predicted molar refractivity (Wildman–Crippen MR) is 82.2 cm³/mol. The van der Waals surface area contributed by atoms with Crippen LogP contribution in [0.4, 0.5) is 0 Å². The van der Waals surface area contributed by atoms with Gasteiger partial charge in [-0.3, -0.25) is 0 Å². The molecule has 0 aliphatic carbocycles. The second-order valence-electron chi connectivity index (χ2n) is 5.91. The molecule has 3 atom stereocenters. The Kier molecular flexibility index (Phi) is 4.13. The maximum Gasteiger partial charge on any atom is 0.122 e. The summed E-state index contributed by atoms with van der Waals surface area (Å²) in [4.78, 5) is 3.27. The van der Waals surface area contributed by atoms with Crippen molar-refractivity contribution in [3.05, 3.63) is 29.8 Å². The van der Waals surface area contributed by atoms with E-state index in [4.69, 9.17) is 4.74 Å². The Morgan fingerprint density at radius 3 is 3.00 bits per heavy atom. The largest absolute Gasteiger partial charge is 0.493 e. The zero-order valence-electron chi connectivity index (χ0n) is 11.5. The highest BCUT2D eigenvalue weighted by Gasteiger charge is 2.28. The summed E-state index contributed by atoms with van der Waals surface area (Å²) in [5, 5.41) is 0. The summed E-state index contributed by atoms with van der Waals surface area (Å²) in [5.74, 6) is 2.54. The van der Waals surface area contributed by atoms with Crippen molar-refractivity contribution < 1.29 is 4.74 Å². The van der Waals surface area contributed by atoms with E-state index >= 15 is 0 Å². The van der Waals surface area contributed by atoms with E-state index in [9.17, 15) is 0 Å². The Hall–Kier alpha value is -0.540. The van der Waals surface area contributed by atoms with Crippen LogP contribution in [0.15, 0.2) is 24.3 Å². The van der Waals surface area contributed by atoms with E-state index in [2.05, 4.69) is 52.0 Å². The quantitative estimate of drug-likeness (QED) is 0.770. The van der Waals surface area contributed by atoms with E-state index in [-0.39, 0.29) is 0 Å². The lowest BCUT2D eigenvalue weighted by Crippen LogP contribution is -2.42. The Morgan fingerprint density at radius 1 is 1.32 bits per heavy atom. The normalized spacial score (nSPS) is 31.6. The molecule has 1 saturated heterocycles. The zero-order valence-corrected chi connectivity index (χ0v) is 13.1. The molecule has 0 N–H and O–H groups in total. The smallest absolute Gasteiger partial charge is 0.122 e. The Morgan fingerprint density at radius 2 is 2.16 bits per heavy atom. The number of para-hydroxylation sites is 1. The fraction of sp³-hybridized carbons (Fsp3) is 0.625. The number of nitrogens with zero attached hydrogens (tertiary/aromatic N) is 1. The number of piperidine rings is 1. The first-order valence-electron chi connectivity index (χ1n) is 7.32. The van der Waals surface area contributed by atoms with Gasteiger partial charge in [0.15, 0.2) is 0 Å². The molecule has 1 aromatic rings. The van der Waals surface area contributed by atoms with Gasteiger partial charge in [0, 0.05) is 23.8 Å². The molecule has 104 valence electrons. The topological polar surface area (TPSA) is 12.5 Å². The van der Waals surface area contributed by atoms with Crippen LogP contribution >= 0.6 is 15.9 Å². The van der Waals surface area contributed by atoms with Gasteiger partial charge in [0.25, 0.3) is 0 Å². The van der Waals surface area contributed by atoms with Gasteiger partial charge in [-0.15, -0.1) is 0 Å². The van der Waals surface area contributed by atoms with Crippen LogP contribution in [0.25, 0.3) is 0 Å². The second-order valence-corrected chi connectivity index (χ2v) is 7.09. The molecule has 1 aromatic carbocycles. The number of hydrogen-bond acceptors (Lipinski definition) is 2. The van der Waals surface area contributed by atoms with Crippen molar-refractivity contribution in [2.75, 3.05) is 26.2 Å². The number of fused-ring (bicyclic) bond motifs is 1. The zero-order chi connectivity index (χ0) is 13.2. The average molecular weight is 324 g/mol. The molecule has 3 rings (SSSR count). The lowest BCUT2D eigenvalue weighted by Gasteiger charge is -2.37. The lowest BCUT2D eigenvalue weighted by atomic mass is 9.91. The van der Waals surface area contributed by atoms with Crippen molar-refractivity contribution in [1.82, 2.24) is 4.90 Å². The number of halogens is 1. The van der Waals surface area contributed by atoms with Crippen LogP contribution in [0.2, 0.25) is 0 Å². The highest BCUT2D eigenvalue weighted by molar-refractivity contribution is 9.09. The van der Waals surface area contributed by atoms with Crippen LogP contribution in [-0.4, -0.2) is 36.0 Å². The molecule has 2 aliphatic rings. The number of benzene rings is 1. The third kappa shape index (κ3) is 2.97. The number of hydrogen-bond donors (Lipinski definition) is 0. The van der Waals surface area contributed by atoms with E-state index in [1.54, 1.807) is 0 Å². The van der Waals surface area contributed by atoms with Crippen LogP contribution in [0, 0.1) is 5.92 Å². The highest BCUT2D eigenvalue weighted by atomic mass is 79.9. The van der Waals surface area contributed by atoms with Crippen molar-refractivity contribution in [3.63, 3.8) is 0 Å². The van der Waals surface area contributed by atoms with Crippen molar-refractivity contribution in [1.29, 1.82) is 0 Å². The number of likely N-dealkylation sites (tertiary alicyclic amines) is 1. The minimum absolute atomic E-state index is 0.637. The Bertz CT molecular complexity index is 437. The fourth-order valence-electron chi connectivity index (χ4n) is 3.17. The van der Waals surface area contributed by atoms with Gasteiger partial charge >= 0.3 is 0 Å². The molecule has 3 unspecified atom stereocenters. The molecule has 3 heteroatoms. The number of ether oxygens (including phenoxy) is 1. The molecule has 0 spiro atoms. The van der Waals surface area contributed by atoms with E-state index in [1.165, 1.54) is 31.6 Å². The van der Waals surface area contributed by atoms with Gasteiger partial charge in [-0.2, -0.15) is 0 Å². The molecule has 0 saturated carbocycles. The van der Waals surface area contributed by atoms with E-state index in [0.717, 1.165) is 24.7 Å². The SMILES string of the molecule is CC1CCN(CC2CCOc3ccccc32)CC1Br. The van der Waals surface area contributed by atoms with E-state index in [0.29, 0.717) is 10.7 Å². The van der Waals surface area contributed by atoms with Crippen LogP contribution in [-0.2, 0) is 0 Å². The summed E-state index contributed by atoms with van der Waals surface area (Å²) in [6.07, 6.45) is 2.46. The molecule has 19 heavy (non-hydrogen) atoms. The molecule has 0 aromatic heterocycles. The Labute approximate surface area is 124 Å².